The van der Waals surface area contributed by atoms with Crippen LogP contribution in [0.3, 0.4) is 0 Å². The molecule has 0 bridgehead atoms. The normalized spacial score (nSPS) is 12.2. The van der Waals surface area contributed by atoms with Gasteiger partial charge in [0, 0.05) is 24.5 Å². The first-order chi connectivity index (χ1) is 13.7. The van der Waals surface area contributed by atoms with Crippen molar-refractivity contribution in [2.45, 2.75) is 33.1 Å². The molecule has 1 amide bonds. The molecule has 0 saturated carbocycles. The summed E-state index contributed by atoms with van der Waals surface area (Å²) in [4.78, 5) is 26.5. The molecule has 8 heteroatoms. The molecule has 5 nitrogen and oxygen atoms in total. The van der Waals surface area contributed by atoms with E-state index in [1.807, 2.05) is 13.8 Å². The number of rotatable bonds is 7. The van der Waals surface area contributed by atoms with Crippen molar-refractivity contribution in [1.29, 1.82) is 0 Å². The molecule has 2 aromatic carbocycles. The Morgan fingerprint density at radius 2 is 1.55 bits per heavy atom. The molecule has 0 aromatic heterocycles. The van der Waals surface area contributed by atoms with Gasteiger partial charge in [0.2, 0.25) is 0 Å². The number of nitrogens with zero attached hydrogens (tertiary/aromatic N) is 1. The van der Waals surface area contributed by atoms with E-state index in [9.17, 15) is 22.8 Å². The number of hydrogen-bond donors (Lipinski definition) is 1. The van der Waals surface area contributed by atoms with Gasteiger partial charge in [-0.2, -0.15) is 13.2 Å². The highest BCUT2D eigenvalue weighted by molar-refractivity contribution is 5.97. The number of alkyl halides is 3. The van der Waals surface area contributed by atoms with Crippen molar-refractivity contribution in [3.63, 3.8) is 0 Å². The van der Waals surface area contributed by atoms with E-state index in [0.29, 0.717) is 5.56 Å². The van der Waals surface area contributed by atoms with Gasteiger partial charge in [-0.1, -0.05) is 0 Å². The van der Waals surface area contributed by atoms with Gasteiger partial charge < -0.3 is 15.0 Å². The van der Waals surface area contributed by atoms with Gasteiger partial charge in [0.1, 0.15) is 0 Å². The summed E-state index contributed by atoms with van der Waals surface area (Å²) in [5.41, 5.74) is 0.632. The van der Waals surface area contributed by atoms with Crippen molar-refractivity contribution < 1.29 is 27.5 Å². The van der Waals surface area contributed by atoms with Gasteiger partial charge in [0.05, 0.1) is 11.1 Å². The SMILES string of the molecule is CCN(CC)c1ccc(C(=O)O[C@@H](C)C(=O)Nc2ccc(C(F)(F)F)cc2)cc1. The second-order valence-electron chi connectivity index (χ2n) is 6.33. The highest BCUT2D eigenvalue weighted by atomic mass is 19.4. The Kier molecular flexibility index (Phi) is 7.25. The molecule has 1 N–H and O–H groups in total. The minimum Gasteiger partial charge on any atom is -0.449 e. The maximum atomic E-state index is 12.6. The topological polar surface area (TPSA) is 58.6 Å². The van der Waals surface area contributed by atoms with E-state index in [1.165, 1.54) is 6.92 Å². The third-order valence-corrected chi connectivity index (χ3v) is 4.36. The number of carbonyl (C=O) groups excluding carboxylic acids is 2. The summed E-state index contributed by atoms with van der Waals surface area (Å²) in [6.45, 7) is 7.12. The summed E-state index contributed by atoms with van der Waals surface area (Å²) < 4.78 is 42.9. The molecule has 29 heavy (non-hydrogen) atoms. The van der Waals surface area contributed by atoms with Gasteiger partial charge in [0.15, 0.2) is 6.10 Å². The highest BCUT2D eigenvalue weighted by Crippen LogP contribution is 2.29. The van der Waals surface area contributed by atoms with Gasteiger partial charge in [-0.25, -0.2) is 4.79 Å². The van der Waals surface area contributed by atoms with Crippen LogP contribution in [0.5, 0.6) is 0 Å². The predicted molar refractivity (Wildman–Crippen MR) is 105 cm³/mol. The van der Waals surface area contributed by atoms with Gasteiger partial charge in [0.25, 0.3) is 5.91 Å². The van der Waals surface area contributed by atoms with E-state index in [1.54, 1.807) is 24.3 Å². The summed E-state index contributed by atoms with van der Waals surface area (Å²) in [6.07, 6.45) is -5.57. The minimum atomic E-state index is -4.45. The molecule has 0 saturated heterocycles. The molecule has 156 valence electrons. The van der Waals surface area contributed by atoms with Crippen molar-refractivity contribution in [3.05, 3.63) is 59.7 Å². The van der Waals surface area contributed by atoms with Crippen LogP contribution in [0.15, 0.2) is 48.5 Å². The third-order valence-electron chi connectivity index (χ3n) is 4.36. The molecular weight excluding hydrogens is 385 g/mol. The number of carbonyl (C=O) groups is 2. The first-order valence-corrected chi connectivity index (χ1v) is 9.19. The fourth-order valence-corrected chi connectivity index (χ4v) is 2.67. The van der Waals surface area contributed by atoms with E-state index in [-0.39, 0.29) is 5.69 Å². The number of nitrogens with one attached hydrogen (secondary N) is 1. The number of halogens is 3. The second kappa shape index (κ2) is 9.45. The molecule has 0 unspecified atom stereocenters. The molecular formula is C21H23F3N2O3. The standard InChI is InChI=1S/C21H23F3N2O3/c1-4-26(5-2)18-12-6-15(7-13-18)20(28)29-14(3)19(27)25-17-10-8-16(9-11-17)21(22,23)24/h6-14H,4-5H2,1-3H3,(H,25,27)/t14-/m0/s1. The van der Waals surface area contributed by atoms with Crippen LogP contribution in [-0.2, 0) is 15.7 Å². The number of benzene rings is 2. The first kappa shape index (κ1) is 22.3. The van der Waals surface area contributed by atoms with Gasteiger partial charge in [-0.05, 0) is 69.3 Å². The lowest BCUT2D eigenvalue weighted by molar-refractivity contribution is -0.137. The summed E-state index contributed by atoms with van der Waals surface area (Å²) in [5.74, 6) is -1.30. The van der Waals surface area contributed by atoms with Gasteiger partial charge >= 0.3 is 12.1 Å². The lowest BCUT2D eigenvalue weighted by Crippen LogP contribution is -2.30. The molecule has 2 rings (SSSR count). The maximum Gasteiger partial charge on any atom is 0.416 e. The van der Waals surface area contributed by atoms with Crippen LogP contribution in [0.4, 0.5) is 24.5 Å². The summed E-state index contributed by atoms with van der Waals surface area (Å²) in [7, 11) is 0. The molecule has 0 fully saturated rings. The summed E-state index contributed by atoms with van der Waals surface area (Å²) in [5, 5.41) is 2.43. The quantitative estimate of drug-likeness (QED) is 0.673. The van der Waals surface area contributed by atoms with Gasteiger partial charge in [-0.3, -0.25) is 4.79 Å². The second-order valence-corrected chi connectivity index (χ2v) is 6.33. The van der Waals surface area contributed by atoms with Crippen molar-refractivity contribution in [3.8, 4) is 0 Å². The zero-order chi connectivity index (χ0) is 21.6. The highest BCUT2D eigenvalue weighted by Gasteiger charge is 2.30. The molecule has 0 heterocycles. The van der Waals surface area contributed by atoms with Gasteiger partial charge in [-0.15, -0.1) is 0 Å². The number of anilines is 2. The van der Waals surface area contributed by atoms with E-state index < -0.39 is 29.7 Å². The number of amides is 1. The Hall–Kier alpha value is -3.03. The lowest BCUT2D eigenvalue weighted by atomic mass is 10.2. The van der Waals surface area contributed by atoms with Crippen LogP contribution < -0.4 is 10.2 Å². The Morgan fingerprint density at radius 1 is 1.00 bits per heavy atom. The van der Waals surface area contributed by atoms with Crippen molar-refractivity contribution >= 4 is 23.3 Å². The number of ether oxygens (including phenoxy) is 1. The Balaban J connectivity index is 1.95. The zero-order valence-electron chi connectivity index (χ0n) is 16.4. The largest absolute Gasteiger partial charge is 0.449 e. The Bertz CT molecular complexity index is 830. The summed E-state index contributed by atoms with van der Waals surface area (Å²) in [6, 6.07) is 10.9. The minimum absolute atomic E-state index is 0.175. The Labute approximate surface area is 167 Å². The molecule has 0 radical (unpaired) electrons. The molecule has 2 aromatic rings. The van der Waals surface area contributed by atoms with E-state index in [2.05, 4.69) is 10.2 Å². The summed E-state index contributed by atoms with van der Waals surface area (Å²) >= 11 is 0. The average Bonchev–Trinajstić information content (AvgIpc) is 2.69. The molecule has 0 aliphatic carbocycles. The average molecular weight is 408 g/mol. The zero-order valence-corrected chi connectivity index (χ0v) is 16.4. The predicted octanol–water partition coefficient (Wildman–Crippen LogP) is 4.74. The first-order valence-electron chi connectivity index (χ1n) is 9.19. The molecule has 1 atom stereocenters. The van der Waals surface area contributed by atoms with E-state index in [4.69, 9.17) is 4.74 Å². The number of esters is 1. The van der Waals surface area contributed by atoms with E-state index in [0.717, 1.165) is 43.0 Å². The Morgan fingerprint density at radius 3 is 2.03 bits per heavy atom. The van der Waals surface area contributed by atoms with Crippen LogP contribution in [0.25, 0.3) is 0 Å². The maximum absolute atomic E-state index is 12.6. The molecule has 0 spiro atoms. The fourth-order valence-electron chi connectivity index (χ4n) is 2.67. The van der Waals surface area contributed by atoms with Crippen LogP contribution in [0.1, 0.15) is 36.7 Å². The van der Waals surface area contributed by atoms with Crippen LogP contribution in [-0.4, -0.2) is 31.1 Å². The van der Waals surface area contributed by atoms with Crippen molar-refractivity contribution in [2.24, 2.45) is 0 Å². The smallest absolute Gasteiger partial charge is 0.416 e. The molecule has 0 aliphatic rings. The third kappa shape index (κ3) is 5.97. The van der Waals surface area contributed by atoms with Crippen LogP contribution >= 0.6 is 0 Å². The fraction of sp³-hybridized carbons (Fsp3) is 0.333. The molecule has 0 aliphatic heterocycles. The van der Waals surface area contributed by atoms with E-state index >= 15 is 0 Å². The van der Waals surface area contributed by atoms with Crippen LogP contribution in [0, 0.1) is 0 Å². The number of hydrogen-bond acceptors (Lipinski definition) is 4. The van der Waals surface area contributed by atoms with Crippen LogP contribution in [0.2, 0.25) is 0 Å². The lowest BCUT2D eigenvalue weighted by Gasteiger charge is -2.21. The van der Waals surface area contributed by atoms with Crippen molar-refractivity contribution in [1.82, 2.24) is 0 Å². The van der Waals surface area contributed by atoms with Crippen molar-refractivity contribution in [2.75, 3.05) is 23.3 Å². The monoisotopic (exact) mass is 408 g/mol.